The molecule has 8 heteroatoms. The summed E-state index contributed by atoms with van der Waals surface area (Å²) in [5.41, 5.74) is 1.59. The maximum absolute atomic E-state index is 12.0. The molecule has 2 aromatic carbocycles. The van der Waals surface area contributed by atoms with E-state index in [0.717, 1.165) is 4.47 Å². The zero-order valence-electron chi connectivity index (χ0n) is 14.4. The van der Waals surface area contributed by atoms with Crippen molar-refractivity contribution >= 4 is 45.2 Å². The lowest BCUT2D eigenvalue weighted by atomic mass is 10.2. The Morgan fingerprint density at radius 3 is 2.26 bits per heavy atom. The highest BCUT2D eigenvalue weighted by atomic mass is 79.9. The number of halogens is 1. The first kappa shape index (κ1) is 20.2. The Bertz CT molecular complexity index is 837. The van der Waals surface area contributed by atoms with Gasteiger partial charge in [-0.2, -0.15) is 0 Å². The van der Waals surface area contributed by atoms with Gasteiger partial charge in [-0.15, -0.1) is 6.58 Å². The lowest BCUT2D eigenvalue weighted by Crippen LogP contribution is -2.32. The third-order valence-electron chi connectivity index (χ3n) is 3.33. The highest BCUT2D eigenvalue weighted by molar-refractivity contribution is 9.10. The first-order valence-corrected chi connectivity index (χ1v) is 8.86. The Labute approximate surface area is 165 Å². The van der Waals surface area contributed by atoms with Gasteiger partial charge in [-0.25, -0.2) is 4.79 Å². The summed E-state index contributed by atoms with van der Waals surface area (Å²) in [4.78, 5) is 35.5. The first-order chi connectivity index (χ1) is 13.0. The molecular formula is C19H19BrN4O3. The Balaban J connectivity index is 1.80. The van der Waals surface area contributed by atoms with Crippen LogP contribution in [0.5, 0.6) is 0 Å². The number of amides is 4. The predicted molar refractivity (Wildman–Crippen MR) is 109 cm³/mol. The van der Waals surface area contributed by atoms with Crippen molar-refractivity contribution in [2.45, 2.75) is 0 Å². The molecule has 0 fully saturated rings. The Kier molecular flexibility index (Phi) is 7.57. The zero-order valence-corrected chi connectivity index (χ0v) is 16.0. The molecule has 0 heterocycles. The molecule has 4 N–H and O–H groups in total. The molecule has 0 saturated heterocycles. The van der Waals surface area contributed by atoms with Crippen molar-refractivity contribution in [2.24, 2.45) is 0 Å². The van der Waals surface area contributed by atoms with E-state index in [4.69, 9.17) is 0 Å². The van der Waals surface area contributed by atoms with Crippen LogP contribution in [-0.4, -0.2) is 30.9 Å². The molecule has 0 aliphatic heterocycles. The molecule has 0 aromatic heterocycles. The predicted octanol–water partition coefficient (Wildman–Crippen LogP) is 3.13. The lowest BCUT2D eigenvalue weighted by molar-refractivity contribution is -0.115. The van der Waals surface area contributed by atoms with Gasteiger partial charge in [0.25, 0.3) is 5.91 Å². The summed E-state index contributed by atoms with van der Waals surface area (Å²) in [6.07, 6.45) is 1.58. The van der Waals surface area contributed by atoms with Crippen molar-refractivity contribution in [1.29, 1.82) is 0 Å². The second kappa shape index (κ2) is 10.1. The molecule has 0 aliphatic carbocycles. The van der Waals surface area contributed by atoms with Gasteiger partial charge in [0.05, 0.1) is 6.54 Å². The number of nitrogens with one attached hydrogen (secondary N) is 4. The Hall–Kier alpha value is -3.13. The molecule has 2 aromatic rings. The Morgan fingerprint density at radius 1 is 0.963 bits per heavy atom. The minimum atomic E-state index is -0.359. The second-order valence-electron chi connectivity index (χ2n) is 5.44. The minimum absolute atomic E-state index is 0.157. The molecule has 2 rings (SSSR count). The fourth-order valence-electron chi connectivity index (χ4n) is 2.07. The van der Waals surface area contributed by atoms with E-state index in [9.17, 15) is 14.4 Å². The van der Waals surface area contributed by atoms with E-state index in [1.54, 1.807) is 48.5 Å². The van der Waals surface area contributed by atoms with Crippen molar-refractivity contribution < 1.29 is 14.4 Å². The van der Waals surface area contributed by atoms with E-state index in [1.165, 1.54) is 0 Å². The van der Waals surface area contributed by atoms with E-state index >= 15 is 0 Å². The smallest absolute Gasteiger partial charge is 0.319 e. The molecule has 4 amide bonds. The molecular weight excluding hydrogens is 412 g/mol. The van der Waals surface area contributed by atoms with Crippen LogP contribution in [0.15, 0.2) is 65.7 Å². The zero-order chi connectivity index (χ0) is 19.6. The highest BCUT2D eigenvalue weighted by Gasteiger charge is 2.09. The van der Waals surface area contributed by atoms with Crippen molar-refractivity contribution in [3.63, 3.8) is 0 Å². The van der Waals surface area contributed by atoms with Crippen LogP contribution < -0.4 is 21.3 Å². The van der Waals surface area contributed by atoms with E-state index < -0.39 is 0 Å². The first-order valence-electron chi connectivity index (χ1n) is 8.07. The van der Waals surface area contributed by atoms with Gasteiger partial charge in [0.1, 0.15) is 0 Å². The monoisotopic (exact) mass is 430 g/mol. The number of carbonyl (C=O) groups is 3. The fraction of sp³-hybridized carbons (Fsp3) is 0.105. The van der Waals surface area contributed by atoms with Gasteiger partial charge in [-0.05, 0) is 42.5 Å². The quantitative estimate of drug-likeness (QED) is 0.507. The largest absolute Gasteiger partial charge is 0.343 e. The minimum Gasteiger partial charge on any atom is -0.343 e. The van der Waals surface area contributed by atoms with E-state index in [-0.39, 0.29) is 24.4 Å². The highest BCUT2D eigenvalue weighted by Crippen LogP contribution is 2.13. The number of hydrogen-bond donors (Lipinski definition) is 4. The topological polar surface area (TPSA) is 99.3 Å². The summed E-state index contributed by atoms with van der Waals surface area (Å²) < 4.78 is 0.784. The van der Waals surface area contributed by atoms with Crippen molar-refractivity contribution in [1.82, 2.24) is 10.6 Å². The van der Waals surface area contributed by atoms with Crippen LogP contribution in [0.2, 0.25) is 0 Å². The van der Waals surface area contributed by atoms with Gasteiger partial charge >= 0.3 is 6.03 Å². The molecule has 0 atom stereocenters. The summed E-state index contributed by atoms with van der Waals surface area (Å²) >= 11 is 3.29. The summed E-state index contributed by atoms with van der Waals surface area (Å²) in [7, 11) is 0. The van der Waals surface area contributed by atoms with Gasteiger partial charge in [-0.1, -0.05) is 28.1 Å². The van der Waals surface area contributed by atoms with E-state index in [0.29, 0.717) is 23.5 Å². The standard InChI is InChI=1S/C19H19BrN4O3/c1-2-10-21-19(27)24-16-8-6-15(7-9-16)23-17(25)12-22-18(26)13-4-3-5-14(20)11-13/h2-9,11H,1,10,12H2,(H,22,26)(H,23,25)(H2,21,24,27). The van der Waals surface area contributed by atoms with Crippen LogP contribution in [0, 0.1) is 0 Å². The normalized spacial score (nSPS) is 9.81. The van der Waals surface area contributed by atoms with Gasteiger partial charge < -0.3 is 21.3 Å². The molecule has 7 nitrogen and oxygen atoms in total. The third kappa shape index (κ3) is 6.95. The number of benzene rings is 2. The number of urea groups is 1. The third-order valence-corrected chi connectivity index (χ3v) is 3.82. The summed E-state index contributed by atoms with van der Waals surface area (Å²) in [5.74, 6) is -0.695. The van der Waals surface area contributed by atoms with Crippen LogP contribution in [0.3, 0.4) is 0 Å². The van der Waals surface area contributed by atoms with Crippen LogP contribution in [0.25, 0.3) is 0 Å². The maximum atomic E-state index is 12.0. The number of anilines is 2. The van der Waals surface area contributed by atoms with E-state index in [1.807, 2.05) is 6.07 Å². The molecule has 0 aliphatic rings. The van der Waals surface area contributed by atoms with Crippen LogP contribution >= 0.6 is 15.9 Å². The van der Waals surface area contributed by atoms with Crippen molar-refractivity contribution in [3.05, 3.63) is 71.2 Å². The van der Waals surface area contributed by atoms with Crippen molar-refractivity contribution in [3.8, 4) is 0 Å². The number of rotatable bonds is 7. The molecule has 0 saturated carbocycles. The van der Waals surface area contributed by atoms with E-state index in [2.05, 4.69) is 43.8 Å². The fourth-order valence-corrected chi connectivity index (χ4v) is 2.47. The average Bonchev–Trinajstić information content (AvgIpc) is 2.66. The molecule has 140 valence electrons. The number of carbonyl (C=O) groups excluding carboxylic acids is 3. The van der Waals surface area contributed by atoms with Gasteiger partial charge in [-0.3, -0.25) is 9.59 Å². The maximum Gasteiger partial charge on any atom is 0.319 e. The molecule has 0 unspecified atom stereocenters. The summed E-state index contributed by atoms with van der Waals surface area (Å²) in [6, 6.07) is 13.2. The summed E-state index contributed by atoms with van der Waals surface area (Å²) in [5, 5.41) is 10.5. The van der Waals surface area contributed by atoms with Crippen LogP contribution in [0.4, 0.5) is 16.2 Å². The lowest BCUT2D eigenvalue weighted by Gasteiger charge is -2.09. The van der Waals surface area contributed by atoms with Crippen LogP contribution in [0.1, 0.15) is 10.4 Å². The molecule has 0 radical (unpaired) electrons. The molecule has 0 spiro atoms. The molecule has 27 heavy (non-hydrogen) atoms. The number of hydrogen-bond acceptors (Lipinski definition) is 3. The van der Waals surface area contributed by atoms with Crippen molar-refractivity contribution in [2.75, 3.05) is 23.7 Å². The molecule has 0 bridgehead atoms. The summed E-state index contributed by atoms with van der Waals surface area (Å²) in [6.45, 7) is 3.72. The average molecular weight is 431 g/mol. The van der Waals surface area contributed by atoms with Gasteiger partial charge in [0, 0.05) is 28.0 Å². The Morgan fingerprint density at radius 2 is 1.63 bits per heavy atom. The second-order valence-corrected chi connectivity index (χ2v) is 6.36. The van der Waals surface area contributed by atoms with Crippen LogP contribution in [-0.2, 0) is 4.79 Å². The van der Waals surface area contributed by atoms with Gasteiger partial charge in [0.2, 0.25) is 5.91 Å². The SMILES string of the molecule is C=CCNC(=O)Nc1ccc(NC(=O)CNC(=O)c2cccc(Br)c2)cc1. The van der Waals surface area contributed by atoms with Gasteiger partial charge in [0.15, 0.2) is 0 Å².